The number of hydrogen-bond acceptors (Lipinski definition) is 1. The van der Waals surface area contributed by atoms with Crippen LogP contribution < -0.4 is 5.73 Å². The summed E-state index contributed by atoms with van der Waals surface area (Å²) >= 11 is 0. The third kappa shape index (κ3) is 2.32. The van der Waals surface area contributed by atoms with E-state index in [0.717, 1.165) is 5.56 Å². The molecule has 0 amide bonds. The first-order chi connectivity index (χ1) is 6.23. The molecule has 2 N–H and O–H groups in total. The van der Waals surface area contributed by atoms with Crippen molar-refractivity contribution in [3.8, 4) is 0 Å². The monoisotopic (exact) mass is 195 g/mol. The van der Waals surface area contributed by atoms with Crippen LogP contribution >= 0.6 is 0 Å². The van der Waals surface area contributed by atoms with E-state index >= 15 is 0 Å². The highest BCUT2D eigenvalue weighted by Gasteiger charge is 2.27. The quantitative estimate of drug-likeness (QED) is 0.771. The summed E-state index contributed by atoms with van der Waals surface area (Å²) in [4.78, 5) is 0. The van der Waals surface area contributed by atoms with Crippen molar-refractivity contribution in [2.24, 2.45) is 5.73 Å². The summed E-state index contributed by atoms with van der Waals surface area (Å²) in [5.74, 6) is 0. The molecule has 0 fully saturated rings. The van der Waals surface area contributed by atoms with Crippen molar-refractivity contribution < 1.29 is 4.39 Å². The molecular weight excluding hydrogens is 177 g/mol. The van der Waals surface area contributed by atoms with E-state index in [1.54, 1.807) is 19.9 Å². The van der Waals surface area contributed by atoms with Gasteiger partial charge in [-0.15, -0.1) is 0 Å². The first kappa shape index (κ1) is 11.2. The van der Waals surface area contributed by atoms with Crippen LogP contribution in [0.4, 0.5) is 4.39 Å². The highest BCUT2D eigenvalue weighted by molar-refractivity contribution is 5.36. The van der Waals surface area contributed by atoms with Crippen LogP contribution in [0.2, 0.25) is 0 Å². The maximum Gasteiger partial charge on any atom is 0.130 e. The molecule has 1 nitrogen and oxygen atoms in total. The van der Waals surface area contributed by atoms with E-state index in [0.29, 0.717) is 5.56 Å². The SMILES string of the molecule is CC(C)(N)c1ccccc1C(C)(C)F. The Bertz CT molecular complexity index is 285. The van der Waals surface area contributed by atoms with E-state index in [-0.39, 0.29) is 0 Å². The van der Waals surface area contributed by atoms with Crippen LogP contribution in [-0.4, -0.2) is 0 Å². The second kappa shape index (κ2) is 3.35. The van der Waals surface area contributed by atoms with Gasteiger partial charge in [0.2, 0.25) is 0 Å². The summed E-state index contributed by atoms with van der Waals surface area (Å²) in [5, 5.41) is 0. The van der Waals surface area contributed by atoms with Crippen LogP contribution in [0.3, 0.4) is 0 Å². The van der Waals surface area contributed by atoms with Crippen molar-refractivity contribution in [2.75, 3.05) is 0 Å². The maximum absolute atomic E-state index is 13.9. The summed E-state index contributed by atoms with van der Waals surface area (Å²) in [6.45, 7) is 6.88. The molecule has 0 spiro atoms. The standard InChI is InChI=1S/C12H18FN/c1-11(2,13)9-7-5-6-8-10(9)12(3,4)14/h5-8H,14H2,1-4H3. The molecule has 0 saturated carbocycles. The number of halogens is 1. The molecule has 0 aliphatic carbocycles. The largest absolute Gasteiger partial charge is 0.322 e. The Labute approximate surface area is 85.1 Å². The normalized spacial score (nSPS) is 13.0. The van der Waals surface area contributed by atoms with E-state index < -0.39 is 11.2 Å². The Morgan fingerprint density at radius 2 is 1.43 bits per heavy atom. The number of alkyl halides is 1. The van der Waals surface area contributed by atoms with E-state index in [9.17, 15) is 4.39 Å². The number of benzene rings is 1. The van der Waals surface area contributed by atoms with Gasteiger partial charge in [0.25, 0.3) is 0 Å². The van der Waals surface area contributed by atoms with E-state index in [4.69, 9.17) is 5.73 Å². The van der Waals surface area contributed by atoms with Gasteiger partial charge in [-0.1, -0.05) is 24.3 Å². The van der Waals surface area contributed by atoms with Gasteiger partial charge in [-0.25, -0.2) is 4.39 Å². The molecule has 0 unspecified atom stereocenters. The smallest absolute Gasteiger partial charge is 0.130 e. The van der Waals surface area contributed by atoms with Crippen LogP contribution in [0.1, 0.15) is 38.8 Å². The molecule has 14 heavy (non-hydrogen) atoms. The summed E-state index contributed by atoms with van der Waals surface area (Å²) in [5.41, 5.74) is 5.69. The predicted octanol–water partition coefficient (Wildman–Crippen LogP) is 3.09. The molecule has 0 atom stereocenters. The predicted molar refractivity (Wildman–Crippen MR) is 57.8 cm³/mol. The molecule has 78 valence electrons. The Morgan fingerprint density at radius 3 is 1.71 bits per heavy atom. The van der Waals surface area contributed by atoms with Crippen molar-refractivity contribution in [1.29, 1.82) is 0 Å². The fourth-order valence-electron chi connectivity index (χ4n) is 1.56. The Morgan fingerprint density at radius 1 is 1.00 bits per heavy atom. The molecule has 0 heterocycles. The molecule has 0 bridgehead atoms. The molecule has 0 radical (unpaired) electrons. The fraction of sp³-hybridized carbons (Fsp3) is 0.500. The minimum Gasteiger partial charge on any atom is -0.322 e. The number of hydrogen-bond donors (Lipinski definition) is 1. The second-order valence-electron chi connectivity index (χ2n) is 4.74. The molecule has 0 aliphatic rings. The Kier molecular flexibility index (Phi) is 2.68. The minimum atomic E-state index is -1.34. The van der Waals surface area contributed by atoms with Crippen LogP contribution in [0, 0.1) is 0 Å². The van der Waals surface area contributed by atoms with E-state index in [2.05, 4.69) is 0 Å². The molecule has 0 aromatic heterocycles. The van der Waals surface area contributed by atoms with Crippen LogP contribution in [0.15, 0.2) is 24.3 Å². The molecule has 2 heteroatoms. The highest BCUT2D eigenvalue weighted by atomic mass is 19.1. The molecular formula is C12H18FN. The molecule has 1 aromatic carbocycles. The van der Waals surface area contributed by atoms with Gasteiger partial charge in [0.15, 0.2) is 0 Å². The van der Waals surface area contributed by atoms with Gasteiger partial charge in [0, 0.05) is 5.54 Å². The van der Waals surface area contributed by atoms with Crippen LogP contribution in [-0.2, 0) is 11.2 Å². The van der Waals surface area contributed by atoms with Gasteiger partial charge in [-0.3, -0.25) is 0 Å². The minimum absolute atomic E-state index is 0.500. The van der Waals surface area contributed by atoms with Crippen molar-refractivity contribution in [3.05, 3.63) is 35.4 Å². The van der Waals surface area contributed by atoms with Crippen molar-refractivity contribution in [1.82, 2.24) is 0 Å². The lowest BCUT2D eigenvalue weighted by Gasteiger charge is -2.27. The molecule has 0 saturated heterocycles. The van der Waals surface area contributed by atoms with Gasteiger partial charge in [0.05, 0.1) is 0 Å². The highest BCUT2D eigenvalue weighted by Crippen LogP contribution is 2.32. The second-order valence-corrected chi connectivity index (χ2v) is 4.74. The number of rotatable bonds is 2. The first-order valence-corrected chi connectivity index (χ1v) is 4.81. The summed E-state index contributed by atoms with van der Waals surface area (Å²) in [6, 6.07) is 7.41. The van der Waals surface area contributed by atoms with Crippen molar-refractivity contribution in [3.63, 3.8) is 0 Å². The summed E-state index contributed by atoms with van der Waals surface area (Å²) in [6.07, 6.45) is 0. The van der Waals surface area contributed by atoms with Gasteiger partial charge in [-0.2, -0.15) is 0 Å². The lowest BCUT2D eigenvalue weighted by Crippen LogP contribution is -2.32. The summed E-state index contributed by atoms with van der Waals surface area (Å²) in [7, 11) is 0. The Hall–Kier alpha value is -0.890. The fourth-order valence-corrected chi connectivity index (χ4v) is 1.56. The average Bonchev–Trinajstić information content (AvgIpc) is 2.01. The average molecular weight is 195 g/mol. The lowest BCUT2D eigenvalue weighted by atomic mass is 9.85. The van der Waals surface area contributed by atoms with Gasteiger partial charge in [0.1, 0.15) is 5.67 Å². The van der Waals surface area contributed by atoms with E-state index in [1.807, 2.05) is 32.0 Å². The van der Waals surface area contributed by atoms with Crippen molar-refractivity contribution >= 4 is 0 Å². The van der Waals surface area contributed by atoms with Gasteiger partial charge in [-0.05, 0) is 38.8 Å². The molecule has 0 aliphatic heterocycles. The summed E-state index contributed by atoms with van der Waals surface area (Å²) < 4.78 is 13.9. The topological polar surface area (TPSA) is 26.0 Å². The first-order valence-electron chi connectivity index (χ1n) is 4.81. The van der Waals surface area contributed by atoms with E-state index in [1.165, 1.54) is 0 Å². The lowest BCUT2D eigenvalue weighted by molar-refractivity contribution is 0.217. The van der Waals surface area contributed by atoms with Gasteiger partial charge < -0.3 is 5.73 Å². The van der Waals surface area contributed by atoms with Crippen LogP contribution in [0.25, 0.3) is 0 Å². The Balaban J connectivity index is 3.31. The maximum atomic E-state index is 13.9. The zero-order valence-corrected chi connectivity index (χ0v) is 9.26. The third-order valence-corrected chi connectivity index (χ3v) is 2.26. The van der Waals surface area contributed by atoms with Gasteiger partial charge >= 0.3 is 0 Å². The zero-order chi connectivity index (χ0) is 11.0. The molecule has 1 aromatic rings. The number of nitrogens with two attached hydrogens (primary N) is 1. The van der Waals surface area contributed by atoms with Crippen LogP contribution in [0.5, 0.6) is 0 Å². The zero-order valence-electron chi connectivity index (χ0n) is 9.26. The molecule has 1 rings (SSSR count). The van der Waals surface area contributed by atoms with Crippen molar-refractivity contribution in [2.45, 2.75) is 38.9 Å². The third-order valence-electron chi connectivity index (χ3n) is 2.26.